The van der Waals surface area contributed by atoms with E-state index in [1.165, 1.54) is 0 Å². The van der Waals surface area contributed by atoms with Crippen LogP contribution in [0.2, 0.25) is 0 Å². The van der Waals surface area contributed by atoms with E-state index in [1.54, 1.807) is 4.90 Å². The molecular weight excluding hydrogens is 295 g/mol. The van der Waals surface area contributed by atoms with Crippen LogP contribution in [0.3, 0.4) is 0 Å². The zero-order valence-corrected chi connectivity index (χ0v) is 12.4. The Bertz CT molecular complexity index is 504. The molecule has 0 saturated carbocycles. The van der Waals surface area contributed by atoms with Crippen molar-refractivity contribution in [2.75, 3.05) is 19.6 Å². The molecule has 122 valence electrons. The lowest BCUT2D eigenvalue weighted by Gasteiger charge is -2.21. The van der Waals surface area contributed by atoms with Crippen LogP contribution in [0.1, 0.15) is 12.5 Å². The monoisotopic (exact) mass is 315 g/mol. The predicted molar refractivity (Wildman–Crippen MR) is 76.4 cm³/mol. The summed E-state index contributed by atoms with van der Waals surface area (Å²) in [6.45, 7) is 2.20. The average molecular weight is 315 g/mol. The van der Waals surface area contributed by atoms with E-state index in [-0.39, 0.29) is 19.0 Å². The quantitative estimate of drug-likeness (QED) is 0.908. The van der Waals surface area contributed by atoms with Gasteiger partial charge in [0.1, 0.15) is 0 Å². The third kappa shape index (κ3) is 4.22. The minimum atomic E-state index is -4.46. The minimum absolute atomic E-state index is 0.0291. The maximum Gasteiger partial charge on any atom is 0.393 e. The number of likely N-dealkylation sites (tertiary alicyclic amines) is 1. The molecule has 1 unspecified atom stereocenters. The van der Waals surface area contributed by atoms with Crippen LogP contribution in [0.4, 0.5) is 13.2 Å². The van der Waals surface area contributed by atoms with Gasteiger partial charge in [0.05, 0.1) is 11.8 Å². The summed E-state index contributed by atoms with van der Waals surface area (Å²) < 4.78 is 38.8. The Hall–Kier alpha value is -1.56. The van der Waals surface area contributed by atoms with Crippen molar-refractivity contribution in [2.45, 2.75) is 19.5 Å². The molecular formula is C16H20F3NO2. The van der Waals surface area contributed by atoms with E-state index in [1.807, 2.05) is 37.3 Å². The molecule has 1 aliphatic rings. The summed E-state index contributed by atoms with van der Waals surface area (Å²) in [7, 11) is 0. The Morgan fingerprint density at radius 3 is 2.45 bits per heavy atom. The fourth-order valence-electron chi connectivity index (χ4n) is 3.14. The van der Waals surface area contributed by atoms with Gasteiger partial charge in [0.15, 0.2) is 0 Å². The highest BCUT2D eigenvalue weighted by Gasteiger charge is 2.52. The van der Waals surface area contributed by atoms with Crippen LogP contribution < -0.4 is 0 Å². The lowest BCUT2D eigenvalue weighted by atomic mass is 9.96. The van der Waals surface area contributed by atoms with Crippen LogP contribution in [0, 0.1) is 17.8 Å². The van der Waals surface area contributed by atoms with Gasteiger partial charge >= 0.3 is 12.1 Å². The lowest BCUT2D eigenvalue weighted by molar-refractivity contribution is -0.188. The molecule has 22 heavy (non-hydrogen) atoms. The number of carboxylic acids is 1. The van der Waals surface area contributed by atoms with Crippen molar-refractivity contribution >= 4 is 5.97 Å². The number of benzene rings is 1. The van der Waals surface area contributed by atoms with Crippen molar-refractivity contribution in [3.05, 3.63) is 35.9 Å². The van der Waals surface area contributed by atoms with Crippen LogP contribution in [0.25, 0.3) is 0 Å². The normalized spacial score (nSPS) is 24.4. The number of halogens is 3. The van der Waals surface area contributed by atoms with Gasteiger partial charge in [-0.25, -0.2) is 0 Å². The molecule has 3 atom stereocenters. The van der Waals surface area contributed by atoms with Gasteiger partial charge in [0.25, 0.3) is 0 Å². The maximum atomic E-state index is 12.9. The summed E-state index contributed by atoms with van der Waals surface area (Å²) >= 11 is 0. The summed E-state index contributed by atoms with van der Waals surface area (Å²) in [6.07, 6.45) is -3.69. The largest absolute Gasteiger partial charge is 0.481 e. The summed E-state index contributed by atoms with van der Waals surface area (Å²) in [5.41, 5.74) is 1.14. The predicted octanol–water partition coefficient (Wildman–Crippen LogP) is 3.06. The SMILES string of the molecule is CC(Cc1ccccc1)CN1C[C@@H](C(F)(F)F)[C@H](C(=O)O)C1. The lowest BCUT2D eigenvalue weighted by Crippen LogP contribution is -2.33. The Labute approximate surface area is 127 Å². The minimum Gasteiger partial charge on any atom is -0.481 e. The van der Waals surface area contributed by atoms with Crippen LogP contribution in [-0.2, 0) is 11.2 Å². The number of aliphatic carboxylic acids is 1. The number of carboxylic acid groups (broad SMARTS) is 1. The zero-order valence-electron chi connectivity index (χ0n) is 12.4. The zero-order chi connectivity index (χ0) is 16.3. The molecule has 1 heterocycles. The van der Waals surface area contributed by atoms with Crippen molar-refractivity contribution in [3.63, 3.8) is 0 Å². The van der Waals surface area contributed by atoms with E-state index >= 15 is 0 Å². The number of hydrogen-bond donors (Lipinski definition) is 1. The Kier molecular flexibility index (Phi) is 5.11. The number of nitrogens with zero attached hydrogens (tertiary/aromatic N) is 1. The smallest absolute Gasteiger partial charge is 0.393 e. The van der Waals surface area contributed by atoms with Gasteiger partial charge in [0.2, 0.25) is 0 Å². The number of rotatable bonds is 5. The molecule has 1 aromatic carbocycles. The second kappa shape index (κ2) is 6.69. The molecule has 0 aliphatic carbocycles. The fraction of sp³-hybridized carbons (Fsp3) is 0.562. The summed E-state index contributed by atoms with van der Waals surface area (Å²) in [5, 5.41) is 9.01. The maximum absolute atomic E-state index is 12.9. The molecule has 0 bridgehead atoms. The highest BCUT2D eigenvalue weighted by Crippen LogP contribution is 2.38. The van der Waals surface area contributed by atoms with Crippen molar-refractivity contribution < 1.29 is 23.1 Å². The topological polar surface area (TPSA) is 40.5 Å². The standard InChI is InChI=1S/C16H20F3NO2/c1-11(7-12-5-3-2-4-6-12)8-20-9-13(15(21)22)14(10-20)16(17,18)19/h2-6,11,13-14H,7-10H2,1H3,(H,21,22)/t11?,13-,14-/m1/s1. The van der Waals surface area contributed by atoms with Gasteiger partial charge in [-0.05, 0) is 17.9 Å². The molecule has 1 N–H and O–H groups in total. The third-order valence-electron chi connectivity index (χ3n) is 4.13. The van der Waals surface area contributed by atoms with Gasteiger partial charge in [-0.15, -0.1) is 0 Å². The van der Waals surface area contributed by atoms with Crippen molar-refractivity contribution in [2.24, 2.45) is 17.8 Å². The summed E-state index contributed by atoms with van der Waals surface area (Å²) in [6, 6.07) is 9.74. The van der Waals surface area contributed by atoms with E-state index in [0.29, 0.717) is 6.54 Å². The van der Waals surface area contributed by atoms with Gasteiger partial charge in [-0.1, -0.05) is 37.3 Å². The van der Waals surface area contributed by atoms with Crippen molar-refractivity contribution in [1.82, 2.24) is 4.90 Å². The molecule has 0 amide bonds. The van der Waals surface area contributed by atoms with Crippen LogP contribution in [-0.4, -0.2) is 41.8 Å². The second-order valence-electron chi connectivity index (χ2n) is 6.11. The molecule has 1 saturated heterocycles. The van der Waals surface area contributed by atoms with Gasteiger partial charge in [-0.2, -0.15) is 13.2 Å². The second-order valence-corrected chi connectivity index (χ2v) is 6.11. The first-order valence-corrected chi connectivity index (χ1v) is 7.33. The van der Waals surface area contributed by atoms with E-state index in [9.17, 15) is 18.0 Å². The van der Waals surface area contributed by atoms with E-state index < -0.39 is 24.0 Å². The highest BCUT2D eigenvalue weighted by molar-refractivity contribution is 5.71. The van der Waals surface area contributed by atoms with Crippen molar-refractivity contribution in [3.8, 4) is 0 Å². The molecule has 0 radical (unpaired) electrons. The highest BCUT2D eigenvalue weighted by atomic mass is 19.4. The molecule has 1 fully saturated rings. The first-order chi connectivity index (χ1) is 10.3. The van der Waals surface area contributed by atoms with Gasteiger partial charge < -0.3 is 10.0 Å². The van der Waals surface area contributed by atoms with E-state index in [2.05, 4.69) is 0 Å². The number of hydrogen-bond acceptors (Lipinski definition) is 2. The van der Waals surface area contributed by atoms with Crippen LogP contribution in [0.5, 0.6) is 0 Å². The molecule has 3 nitrogen and oxygen atoms in total. The van der Waals surface area contributed by atoms with Gasteiger partial charge in [0, 0.05) is 19.6 Å². The number of carbonyl (C=O) groups is 1. The Morgan fingerprint density at radius 1 is 1.32 bits per heavy atom. The molecule has 2 rings (SSSR count). The van der Waals surface area contributed by atoms with E-state index in [4.69, 9.17) is 5.11 Å². The third-order valence-corrected chi connectivity index (χ3v) is 4.13. The first kappa shape index (κ1) is 16.8. The summed E-state index contributed by atoms with van der Waals surface area (Å²) in [4.78, 5) is 12.7. The van der Waals surface area contributed by atoms with Crippen molar-refractivity contribution in [1.29, 1.82) is 0 Å². The van der Waals surface area contributed by atoms with Crippen LogP contribution in [0.15, 0.2) is 30.3 Å². The van der Waals surface area contributed by atoms with E-state index in [0.717, 1.165) is 12.0 Å². The Balaban J connectivity index is 1.95. The summed E-state index contributed by atoms with van der Waals surface area (Å²) in [5.74, 6) is -4.32. The molecule has 1 aromatic rings. The van der Waals surface area contributed by atoms with Gasteiger partial charge in [-0.3, -0.25) is 4.79 Å². The molecule has 0 aromatic heterocycles. The number of alkyl halides is 3. The molecule has 0 spiro atoms. The first-order valence-electron chi connectivity index (χ1n) is 7.33. The molecule has 1 aliphatic heterocycles. The van der Waals surface area contributed by atoms with Crippen LogP contribution >= 0.6 is 0 Å². The fourth-order valence-corrected chi connectivity index (χ4v) is 3.14. The molecule has 6 heteroatoms. The Morgan fingerprint density at radius 2 is 1.95 bits per heavy atom. The average Bonchev–Trinajstić information content (AvgIpc) is 2.83.